The molecule has 1 heterocycles. The van der Waals surface area contributed by atoms with Gasteiger partial charge in [0.1, 0.15) is 5.01 Å². The molecule has 6 heteroatoms. The van der Waals surface area contributed by atoms with Gasteiger partial charge in [0, 0.05) is 16.6 Å². The molecule has 0 saturated carbocycles. The van der Waals surface area contributed by atoms with E-state index in [4.69, 9.17) is 23.2 Å². The molecule has 25 heavy (non-hydrogen) atoms. The summed E-state index contributed by atoms with van der Waals surface area (Å²) < 4.78 is 0. The van der Waals surface area contributed by atoms with Gasteiger partial charge in [-0.3, -0.25) is 4.79 Å². The zero-order chi connectivity index (χ0) is 18.0. The largest absolute Gasteiger partial charge is 0.325 e. The van der Waals surface area contributed by atoms with Crippen molar-refractivity contribution >= 4 is 46.1 Å². The average Bonchev–Trinajstić information content (AvgIpc) is 2.99. The van der Waals surface area contributed by atoms with Crippen molar-refractivity contribution in [2.75, 3.05) is 5.32 Å². The third-order valence-corrected chi connectivity index (χ3v) is 5.49. The van der Waals surface area contributed by atoms with E-state index >= 15 is 0 Å². The number of carbonyl (C=O) groups is 1. The summed E-state index contributed by atoms with van der Waals surface area (Å²) in [5.74, 6) is -0.101. The quantitative estimate of drug-likeness (QED) is 0.600. The predicted octanol–water partition coefficient (Wildman–Crippen LogP) is 5.91. The van der Waals surface area contributed by atoms with Crippen molar-refractivity contribution in [2.45, 2.75) is 20.3 Å². The van der Waals surface area contributed by atoms with Crippen LogP contribution in [0.1, 0.15) is 16.8 Å². The second-order valence-electron chi connectivity index (χ2n) is 5.71. The minimum Gasteiger partial charge on any atom is -0.325 e. The van der Waals surface area contributed by atoms with E-state index < -0.39 is 0 Å². The number of nitrogens with one attached hydrogen (secondary N) is 1. The van der Waals surface area contributed by atoms with Crippen LogP contribution in [0.2, 0.25) is 10.0 Å². The van der Waals surface area contributed by atoms with Gasteiger partial charge in [-0.05, 0) is 43.2 Å². The predicted molar refractivity (Wildman–Crippen MR) is 106 cm³/mol. The summed E-state index contributed by atoms with van der Waals surface area (Å²) in [7, 11) is 0. The Balaban J connectivity index is 1.75. The van der Waals surface area contributed by atoms with E-state index in [1.807, 2.05) is 37.4 Å². The van der Waals surface area contributed by atoms with E-state index in [2.05, 4.69) is 10.3 Å². The SMILES string of the molecule is Cc1cccc(NC(=O)Cc2csc(-c3c(Cl)cccc3Cl)n2)c1C. The van der Waals surface area contributed by atoms with Crippen LogP contribution in [0.15, 0.2) is 41.8 Å². The molecule has 0 atom stereocenters. The van der Waals surface area contributed by atoms with Crippen LogP contribution < -0.4 is 5.32 Å². The summed E-state index contributed by atoms with van der Waals surface area (Å²) >= 11 is 13.9. The van der Waals surface area contributed by atoms with Crippen LogP contribution in [-0.2, 0) is 11.2 Å². The maximum Gasteiger partial charge on any atom is 0.230 e. The molecule has 3 rings (SSSR count). The number of hydrogen-bond acceptors (Lipinski definition) is 3. The average molecular weight is 391 g/mol. The highest BCUT2D eigenvalue weighted by atomic mass is 35.5. The Bertz CT molecular complexity index is 917. The molecule has 1 aromatic heterocycles. The minimum absolute atomic E-state index is 0.101. The molecule has 0 fully saturated rings. The lowest BCUT2D eigenvalue weighted by atomic mass is 10.1. The standard InChI is InChI=1S/C19H16Cl2N2OS/c1-11-5-3-8-16(12(11)2)23-17(24)9-13-10-25-19(22-13)18-14(20)6-4-7-15(18)21/h3-8,10H,9H2,1-2H3,(H,23,24). The van der Waals surface area contributed by atoms with E-state index in [9.17, 15) is 4.79 Å². The van der Waals surface area contributed by atoms with Crippen molar-refractivity contribution in [3.63, 3.8) is 0 Å². The number of amides is 1. The minimum atomic E-state index is -0.101. The topological polar surface area (TPSA) is 42.0 Å². The molecule has 0 radical (unpaired) electrons. The highest BCUT2D eigenvalue weighted by molar-refractivity contribution is 7.13. The molecule has 0 saturated heterocycles. The molecule has 3 aromatic rings. The fourth-order valence-electron chi connectivity index (χ4n) is 2.45. The molecular formula is C19H16Cl2N2OS. The third kappa shape index (κ3) is 4.03. The van der Waals surface area contributed by atoms with Crippen molar-refractivity contribution in [1.29, 1.82) is 0 Å². The van der Waals surface area contributed by atoms with Gasteiger partial charge in [0.05, 0.1) is 22.2 Å². The second kappa shape index (κ2) is 7.56. The number of hydrogen-bond donors (Lipinski definition) is 1. The van der Waals surface area contributed by atoms with Gasteiger partial charge >= 0.3 is 0 Å². The maximum atomic E-state index is 12.3. The first-order valence-corrected chi connectivity index (χ1v) is 9.34. The van der Waals surface area contributed by atoms with Crippen molar-refractivity contribution < 1.29 is 4.79 Å². The number of nitrogens with zero attached hydrogens (tertiary/aromatic N) is 1. The highest BCUT2D eigenvalue weighted by Crippen LogP contribution is 2.36. The Kier molecular flexibility index (Phi) is 5.42. The van der Waals surface area contributed by atoms with Gasteiger partial charge in [0.25, 0.3) is 0 Å². The van der Waals surface area contributed by atoms with Gasteiger partial charge in [-0.1, -0.05) is 41.4 Å². The summed E-state index contributed by atoms with van der Waals surface area (Å²) in [4.78, 5) is 16.8. The Morgan fingerprint density at radius 2 is 1.80 bits per heavy atom. The number of benzene rings is 2. The molecule has 1 amide bonds. The number of thiazole rings is 1. The lowest BCUT2D eigenvalue weighted by Crippen LogP contribution is -2.15. The van der Waals surface area contributed by atoms with Crippen LogP contribution in [0.4, 0.5) is 5.69 Å². The Labute approximate surface area is 160 Å². The maximum absolute atomic E-state index is 12.3. The summed E-state index contributed by atoms with van der Waals surface area (Å²) in [5, 5.41) is 6.62. The van der Waals surface area contributed by atoms with Crippen LogP contribution in [0.5, 0.6) is 0 Å². The van der Waals surface area contributed by atoms with Crippen LogP contribution in [0.25, 0.3) is 10.6 Å². The van der Waals surface area contributed by atoms with Gasteiger partial charge in [0.2, 0.25) is 5.91 Å². The van der Waals surface area contributed by atoms with Gasteiger partial charge in [-0.15, -0.1) is 11.3 Å². The van der Waals surface area contributed by atoms with Gasteiger partial charge in [-0.25, -0.2) is 4.98 Å². The first-order valence-electron chi connectivity index (χ1n) is 7.70. The van der Waals surface area contributed by atoms with E-state index in [1.54, 1.807) is 18.2 Å². The molecule has 0 spiro atoms. The number of halogens is 2. The molecule has 0 aliphatic carbocycles. The van der Waals surface area contributed by atoms with Crippen LogP contribution in [0, 0.1) is 13.8 Å². The molecule has 0 aliphatic rings. The zero-order valence-corrected chi connectivity index (χ0v) is 16.1. The van der Waals surface area contributed by atoms with E-state index in [0.717, 1.165) is 16.8 Å². The Hall–Kier alpha value is -1.88. The summed E-state index contributed by atoms with van der Waals surface area (Å²) in [5.41, 5.74) is 4.44. The normalized spacial score (nSPS) is 10.7. The molecule has 0 aliphatic heterocycles. The number of carbonyl (C=O) groups excluding carboxylic acids is 1. The van der Waals surface area contributed by atoms with E-state index in [0.29, 0.717) is 26.3 Å². The lowest BCUT2D eigenvalue weighted by Gasteiger charge is -2.09. The van der Waals surface area contributed by atoms with Crippen LogP contribution >= 0.6 is 34.5 Å². The lowest BCUT2D eigenvalue weighted by molar-refractivity contribution is -0.115. The van der Waals surface area contributed by atoms with E-state index in [1.165, 1.54) is 11.3 Å². The Morgan fingerprint density at radius 1 is 1.12 bits per heavy atom. The number of aromatic nitrogens is 1. The van der Waals surface area contributed by atoms with Crippen molar-refractivity contribution in [2.24, 2.45) is 0 Å². The smallest absolute Gasteiger partial charge is 0.230 e. The Morgan fingerprint density at radius 3 is 2.52 bits per heavy atom. The molecule has 2 aromatic carbocycles. The number of rotatable bonds is 4. The van der Waals surface area contributed by atoms with Crippen LogP contribution in [0.3, 0.4) is 0 Å². The fraction of sp³-hybridized carbons (Fsp3) is 0.158. The third-order valence-electron chi connectivity index (χ3n) is 3.95. The molecule has 0 bridgehead atoms. The summed E-state index contributed by atoms with van der Waals surface area (Å²) in [6, 6.07) is 11.2. The van der Waals surface area contributed by atoms with Crippen molar-refractivity contribution in [1.82, 2.24) is 4.98 Å². The first-order chi connectivity index (χ1) is 12.0. The second-order valence-corrected chi connectivity index (χ2v) is 7.39. The summed E-state index contributed by atoms with van der Waals surface area (Å²) in [6.07, 6.45) is 0.200. The first kappa shape index (κ1) is 17.9. The highest BCUT2D eigenvalue weighted by Gasteiger charge is 2.14. The fourth-order valence-corrected chi connectivity index (χ4v) is 4.03. The van der Waals surface area contributed by atoms with Crippen molar-refractivity contribution in [3.8, 4) is 10.6 Å². The molecule has 1 N–H and O–H groups in total. The molecule has 3 nitrogen and oxygen atoms in total. The van der Waals surface area contributed by atoms with E-state index in [-0.39, 0.29) is 12.3 Å². The van der Waals surface area contributed by atoms with Gasteiger partial charge < -0.3 is 5.32 Å². The molecule has 128 valence electrons. The summed E-state index contributed by atoms with van der Waals surface area (Å²) in [6.45, 7) is 4.01. The van der Waals surface area contributed by atoms with Crippen LogP contribution in [-0.4, -0.2) is 10.9 Å². The number of aryl methyl sites for hydroxylation is 1. The zero-order valence-electron chi connectivity index (χ0n) is 13.8. The van der Waals surface area contributed by atoms with Crippen molar-refractivity contribution in [3.05, 3.63) is 68.6 Å². The number of anilines is 1. The monoisotopic (exact) mass is 390 g/mol. The molecule has 0 unspecified atom stereocenters. The van der Waals surface area contributed by atoms with Gasteiger partial charge in [-0.2, -0.15) is 0 Å². The molecular weight excluding hydrogens is 375 g/mol. The van der Waals surface area contributed by atoms with Gasteiger partial charge in [0.15, 0.2) is 0 Å².